The lowest BCUT2D eigenvalue weighted by atomic mass is 9.67. The Morgan fingerprint density at radius 3 is 1.65 bits per heavy atom. The van der Waals surface area contributed by atoms with Crippen LogP contribution in [0.1, 0.15) is 22.3 Å². The van der Waals surface area contributed by atoms with Crippen LogP contribution in [0.4, 0.5) is 0 Å². The summed E-state index contributed by atoms with van der Waals surface area (Å²) >= 11 is 1.89. The van der Waals surface area contributed by atoms with Crippen molar-refractivity contribution in [2.75, 3.05) is 0 Å². The van der Waals surface area contributed by atoms with Gasteiger partial charge in [0.25, 0.3) is 0 Å². The number of fused-ring (bicyclic) bond motifs is 16. The summed E-state index contributed by atoms with van der Waals surface area (Å²) in [5.41, 5.74) is 16.3. The van der Waals surface area contributed by atoms with Crippen LogP contribution in [0.5, 0.6) is 0 Å². The summed E-state index contributed by atoms with van der Waals surface area (Å²) < 4.78 is 0. The molecule has 2 aliphatic rings. The summed E-state index contributed by atoms with van der Waals surface area (Å²) in [5.74, 6) is 0. The van der Waals surface area contributed by atoms with Gasteiger partial charge in [-0.3, -0.25) is 0 Å². The fourth-order valence-electron chi connectivity index (χ4n) is 10.1. The molecule has 13 rings (SSSR count). The quantitative estimate of drug-likeness (QED) is 0.167. The molecule has 0 N–H and O–H groups in total. The minimum absolute atomic E-state index is 0.530. The molecular formula is C56H33N3S. The first-order chi connectivity index (χ1) is 29.7. The van der Waals surface area contributed by atoms with Crippen molar-refractivity contribution >= 4 is 55.2 Å². The highest BCUT2D eigenvalue weighted by atomic mass is 32.2. The summed E-state index contributed by atoms with van der Waals surface area (Å²) in [6.07, 6.45) is 0. The zero-order chi connectivity index (χ0) is 39.4. The fraction of sp³-hybridized carbons (Fsp3) is 0.0179. The van der Waals surface area contributed by atoms with E-state index < -0.39 is 5.41 Å². The maximum absolute atomic E-state index is 5.42. The third-order valence-electron chi connectivity index (χ3n) is 12.7. The van der Waals surface area contributed by atoms with E-state index >= 15 is 0 Å². The van der Waals surface area contributed by atoms with Gasteiger partial charge in [0.05, 0.1) is 39.0 Å². The van der Waals surface area contributed by atoms with Gasteiger partial charge in [0.15, 0.2) is 0 Å². The summed E-state index contributed by atoms with van der Waals surface area (Å²) in [4.78, 5) is 18.5. The smallest absolute Gasteiger partial charge is 0.0972 e. The van der Waals surface area contributed by atoms with Gasteiger partial charge < -0.3 is 0 Å². The molecule has 3 nitrogen and oxygen atoms in total. The largest absolute Gasteiger partial charge is 0.247 e. The minimum Gasteiger partial charge on any atom is -0.247 e. The molecule has 278 valence electrons. The molecule has 4 heteroatoms. The number of benzene rings is 8. The van der Waals surface area contributed by atoms with Gasteiger partial charge in [-0.1, -0.05) is 188 Å². The van der Waals surface area contributed by atoms with Crippen LogP contribution in [0.15, 0.2) is 210 Å². The van der Waals surface area contributed by atoms with Crippen LogP contribution in [0.3, 0.4) is 0 Å². The van der Waals surface area contributed by atoms with E-state index in [9.17, 15) is 0 Å². The first kappa shape index (κ1) is 33.6. The fourth-order valence-corrected chi connectivity index (χ4v) is 11.5. The number of aromatic nitrogens is 3. The Hall–Kier alpha value is -7.40. The van der Waals surface area contributed by atoms with Gasteiger partial charge in [0.2, 0.25) is 0 Å². The van der Waals surface area contributed by atoms with Crippen molar-refractivity contribution in [3.63, 3.8) is 0 Å². The maximum Gasteiger partial charge on any atom is 0.0972 e. The Morgan fingerprint density at radius 1 is 0.383 bits per heavy atom. The number of rotatable bonds is 3. The van der Waals surface area contributed by atoms with Crippen LogP contribution in [0.25, 0.3) is 88.4 Å². The lowest BCUT2D eigenvalue weighted by molar-refractivity contribution is 0.726. The Bertz CT molecular complexity index is 3530. The molecule has 0 saturated heterocycles. The van der Waals surface area contributed by atoms with Crippen molar-refractivity contribution in [1.82, 2.24) is 15.0 Å². The Kier molecular flexibility index (Phi) is 7.16. The zero-order valence-corrected chi connectivity index (χ0v) is 33.1. The topological polar surface area (TPSA) is 38.7 Å². The second-order valence-corrected chi connectivity index (χ2v) is 16.9. The van der Waals surface area contributed by atoms with Crippen LogP contribution >= 0.6 is 11.8 Å². The molecule has 60 heavy (non-hydrogen) atoms. The van der Waals surface area contributed by atoms with Crippen molar-refractivity contribution in [2.45, 2.75) is 15.2 Å². The van der Waals surface area contributed by atoms with Crippen LogP contribution in [-0.4, -0.2) is 15.0 Å². The third kappa shape index (κ3) is 4.71. The monoisotopic (exact) mass is 779 g/mol. The molecule has 0 unspecified atom stereocenters. The van der Waals surface area contributed by atoms with Crippen molar-refractivity contribution < 1.29 is 0 Å². The highest BCUT2D eigenvalue weighted by Crippen LogP contribution is 2.63. The molecular weight excluding hydrogens is 747 g/mol. The second-order valence-electron chi connectivity index (χ2n) is 15.8. The molecule has 0 bridgehead atoms. The average molecular weight is 780 g/mol. The van der Waals surface area contributed by atoms with Gasteiger partial charge in [-0.25, -0.2) is 15.0 Å². The summed E-state index contributed by atoms with van der Waals surface area (Å²) in [5, 5.41) is 5.72. The van der Waals surface area contributed by atoms with Gasteiger partial charge in [-0.2, -0.15) is 0 Å². The summed E-state index contributed by atoms with van der Waals surface area (Å²) in [7, 11) is 0. The lowest BCUT2D eigenvalue weighted by Gasteiger charge is -2.40. The van der Waals surface area contributed by atoms with Crippen LogP contribution in [0.2, 0.25) is 0 Å². The predicted molar refractivity (Wildman–Crippen MR) is 248 cm³/mol. The number of nitrogens with zero attached hydrogens (tertiary/aromatic N) is 3. The predicted octanol–water partition coefficient (Wildman–Crippen LogP) is 14.3. The molecule has 0 saturated carbocycles. The number of para-hydroxylation sites is 1. The van der Waals surface area contributed by atoms with Gasteiger partial charge in [0, 0.05) is 53.4 Å². The van der Waals surface area contributed by atoms with Crippen LogP contribution in [-0.2, 0) is 5.41 Å². The molecule has 0 radical (unpaired) electrons. The molecule has 3 aromatic heterocycles. The van der Waals surface area contributed by atoms with E-state index in [1.807, 2.05) is 17.8 Å². The van der Waals surface area contributed by atoms with E-state index in [1.165, 1.54) is 48.6 Å². The molecule has 0 amide bonds. The third-order valence-corrected chi connectivity index (χ3v) is 13.9. The first-order valence-corrected chi connectivity index (χ1v) is 21.3. The first-order valence-electron chi connectivity index (χ1n) is 20.4. The van der Waals surface area contributed by atoms with Crippen molar-refractivity contribution in [3.05, 3.63) is 222 Å². The van der Waals surface area contributed by atoms with E-state index in [2.05, 4.69) is 194 Å². The molecule has 1 aliphatic heterocycles. The highest BCUT2D eigenvalue weighted by Gasteiger charge is 2.50. The van der Waals surface area contributed by atoms with Crippen LogP contribution < -0.4 is 0 Å². The Labute approximate surface area is 351 Å². The molecule has 8 aromatic carbocycles. The standard InChI is InChI=1S/C56H33N3S/c1-3-13-34(14-4-1)47-31-26-36-23-24-37-27-32-48(58-54(37)53(36)57-47)38-25-29-45-50(33-38)60-55-46(56(45)43-20-10-7-17-39(43)40-18-8-11-21-44(40)56)30-28-42-51(55)41-19-9-12-22-49(41)59-52(42)35-15-5-2-6-16-35/h1-33H. The molecule has 4 heterocycles. The summed E-state index contributed by atoms with van der Waals surface area (Å²) in [6.45, 7) is 0. The normalized spacial score (nSPS) is 13.4. The zero-order valence-electron chi connectivity index (χ0n) is 32.3. The Morgan fingerprint density at radius 2 is 0.950 bits per heavy atom. The highest BCUT2D eigenvalue weighted by molar-refractivity contribution is 7.99. The van der Waals surface area contributed by atoms with E-state index in [0.29, 0.717) is 0 Å². The summed E-state index contributed by atoms with van der Waals surface area (Å²) in [6, 6.07) is 72.4. The molecule has 1 aliphatic carbocycles. The SMILES string of the molecule is c1ccc(-c2ccc3ccc4ccc(-c5ccc6c(c5)Sc5c(ccc7c(-c8ccccc8)nc8ccccc8c57)C65c6ccccc6-c6ccccc65)nc4c3n2)cc1. The number of hydrogen-bond acceptors (Lipinski definition) is 4. The van der Waals surface area contributed by atoms with Crippen molar-refractivity contribution in [1.29, 1.82) is 0 Å². The van der Waals surface area contributed by atoms with Gasteiger partial charge >= 0.3 is 0 Å². The van der Waals surface area contributed by atoms with E-state index in [1.54, 1.807) is 0 Å². The average Bonchev–Trinajstić information content (AvgIpc) is 3.61. The number of hydrogen-bond donors (Lipinski definition) is 0. The molecule has 0 atom stereocenters. The number of pyridine rings is 3. The van der Waals surface area contributed by atoms with Crippen molar-refractivity contribution in [2.24, 2.45) is 0 Å². The Balaban J connectivity index is 1.09. The van der Waals surface area contributed by atoms with E-state index in [4.69, 9.17) is 15.0 Å². The van der Waals surface area contributed by atoms with Gasteiger partial charge in [-0.05, 0) is 57.6 Å². The van der Waals surface area contributed by atoms with E-state index in [-0.39, 0.29) is 0 Å². The van der Waals surface area contributed by atoms with E-state index in [0.717, 1.165) is 71.9 Å². The second kappa shape index (κ2) is 12.8. The van der Waals surface area contributed by atoms with Crippen LogP contribution in [0, 0.1) is 0 Å². The molecule has 0 fully saturated rings. The van der Waals surface area contributed by atoms with Crippen molar-refractivity contribution in [3.8, 4) is 44.9 Å². The molecule has 11 aromatic rings. The minimum atomic E-state index is -0.530. The maximum atomic E-state index is 5.42. The lowest BCUT2D eigenvalue weighted by Crippen LogP contribution is -2.32. The van der Waals surface area contributed by atoms with Gasteiger partial charge in [-0.15, -0.1) is 0 Å². The molecule has 1 spiro atoms. The van der Waals surface area contributed by atoms with Gasteiger partial charge in [0.1, 0.15) is 0 Å².